The van der Waals surface area contributed by atoms with E-state index in [-0.39, 0.29) is 5.56 Å². The lowest BCUT2D eigenvalue weighted by Crippen LogP contribution is -2.10. The molecular weight excluding hydrogens is 797 g/mol. The van der Waals surface area contributed by atoms with Gasteiger partial charge in [-0.1, -0.05) is 60.7 Å². The highest BCUT2D eigenvalue weighted by Crippen LogP contribution is 2.38. The average Bonchev–Trinajstić information content (AvgIpc) is 3.81. The third-order valence-electron chi connectivity index (χ3n) is 9.07. The number of nitrogens with two attached hydrogens (primary N) is 1. The summed E-state index contributed by atoms with van der Waals surface area (Å²) in [4.78, 5) is 33.3. The lowest BCUT2D eigenvalue weighted by molar-refractivity contribution is -0.138. The number of aromatic carboxylic acids is 1. The number of hydrogen-bond acceptors (Lipinski definition) is 6. The standard InChI is InChI=1S/C22H15F3N2OS.C22H14F3NO2S/c23-22(24,25)16-6-1-3-13(9-16)10-17-12-19-20(29-17)18(7-8-27-19)14-4-2-5-15(11-14)21(26)28;23-22(24,25)16-6-1-3-13(9-16)10-17-12-19-20(29-17)18(7-8-26-19)14-4-2-5-15(11-14)21(27)28/h1-9,11-12H,10H2,(H2,26,28);1-9,11-12H,10H2,(H,27,28). The first-order valence-electron chi connectivity index (χ1n) is 17.4. The number of hydrogen-bond donors (Lipinski definition) is 2. The van der Waals surface area contributed by atoms with Crippen LogP contribution in [0.2, 0.25) is 0 Å². The molecule has 8 rings (SSSR count). The van der Waals surface area contributed by atoms with Crippen LogP contribution in [-0.2, 0) is 25.2 Å². The highest BCUT2D eigenvalue weighted by molar-refractivity contribution is 7.20. The van der Waals surface area contributed by atoms with Crippen LogP contribution in [0.1, 0.15) is 52.7 Å². The number of carboxylic acid groups (broad SMARTS) is 1. The maximum atomic E-state index is 13.0. The zero-order valence-corrected chi connectivity index (χ0v) is 31.6. The summed E-state index contributed by atoms with van der Waals surface area (Å²) in [5.41, 5.74) is 10.6. The van der Waals surface area contributed by atoms with Crippen LogP contribution in [0, 0.1) is 0 Å². The number of amides is 1. The monoisotopic (exact) mass is 825 g/mol. The predicted octanol–water partition coefficient (Wildman–Crippen LogP) is 11.9. The molecule has 4 aromatic heterocycles. The number of carboxylic acids is 1. The van der Waals surface area contributed by atoms with Crippen molar-refractivity contribution in [2.75, 3.05) is 0 Å². The highest BCUT2D eigenvalue weighted by atomic mass is 32.1. The molecule has 292 valence electrons. The van der Waals surface area contributed by atoms with Crippen molar-refractivity contribution in [2.24, 2.45) is 5.73 Å². The Bertz CT molecular complexity index is 2620. The highest BCUT2D eigenvalue weighted by Gasteiger charge is 2.31. The normalized spacial score (nSPS) is 11.7. The van der Waals surface area contributed by atoms with Gasteiger partial charge in [-0.15, -0.1) is 22.7 Å². The lowest BCUT2D eigenvalue weighted by Gasteiger charge is -2.08. The first-order chi connectivity index (χ1) is 27.6. The second kappa shape index (κ2) is 16.2. The van der Waals surface area contributed by atoms with Crippen molar-refractivity contribution in [1.82, 2.24) is 9.97 Å². The summed E-state index contributed by atoms with van der Waals surface area (Å²) in [5.74, 6) is -1.51. The fourth-order valence-electron chi connectivity index (χ4n) is 6.38. The first kappa shape index (κ1) is 39.8. The molecule has 0 aliphatic carbocycles. The number of pyridine rings is 2. The fourth-order valence-corrected chi connectivity index (χ4v) is 8.75. The number of benzene rings is 4. The van der Waals surface area contributed by atoms with E-state index in [1.807, 2.05) is 36.4 Å². The van der Waals surface area contributed by atoms with E-state index in [2.05, 4.69) is 9.97 Å². The molecular formula is C44H29F6N3O3S2. The van der Waals surface area contributed by atoms with E-state index in [4.69, 9.17) is 5.73 Å². The summed E-state index contributed by atoms with van der Waals surface area (Å²) in [7, 11) is 0. The summed E-state index contributed by atoms with van der Waals surface area (Å²) in [5, 5.41) is 9.23. The van der Waals surface area contributed by atoms with Gasteiger partial charge in [-0.25, -0.2) is 4.79 Å². The molecule has 0 fully saturated rings. The fraction of sp³-hybridized carbons (Fsp3) is 0.0909. The molecule has 0 saturated carbocycles. The van der Waals surface area contributed by atoms with Crippen molar-refractivity contribution in [3.8, 4) is 22.3 Å². The van der Waals surface area contributed by atoms with Crippen LogP contribution in [0.4, 0.5) is 26.3 Å². The van der Waals surface area contributed by atoms with Crippen molar-refractivity contribution in [2.45, 2.75) is 25.2 Å². The molecule has 0 atom stereocenters. The van der Waals surface area contributed by atoms with Crippen LogP contribution in [-0.4, -0.2) is 27.0 Å². The number of carbonyl (C=O) groups excluding carboxylic acids is 1. The van der Waals surface area contributed by atoms with Crippen molar-refractivity contribution in [3.63, 3.8) is 0 Å². The average molecular weight is 826 g/mol. The van der Waals surface area contributed by atoms with E-state index < -0.39 is 35.4 Å². The maximum Gasteiger partial charge on any atom is 0.416 e. The molecule has 8 aromatic rings. The lowest BCUT2D eigenvalue weighted by atomic mass is 10.0. The van der Waals surface area contributed by atoms with Gasteiger partial charge in [-0.3, -0.25) is 14.8 Å². The molecule has 14 heteroatoms. The van der Waals surface area contributed by atoms with Crippen molar-refractivity contribution < 1.29 is 41.0 Å². The predicted molar refractivity (Wildman–Crippen MR) is 214 cm³/mol. The first-order valence-corrected chi connectivity index (χ1v) is 19.1. The molecule has 0 spiro atoms. The van der Waals surface area contributed by atoms with Gasteiger partial charge in [0.15, 0.2) is 0 Å². The van der Waals surface area contributed by atoms with E-state index >= 15 is 0 Å². The summed E-state index contributed by atoms with van der Waals surface area (Å²) in [6.45, 7) is 0. The summed E-state index contributed by atoms with van der Waals surface area (Å²) in [6.07, 6.45) is -4.68. The van der Waals surface area contributed by atoms with Gasteiger partial charge in [0.25, 0.3) is 0 Å². The molecule has 4 heterocycles. The quantitative estimate of drug-likeness (QED) is 0.148. The molecule has 58 heavy (non-hydrogen) atoms. The van der Waals surface area contributed by atoms with Gasteiger partial charge >= 0.3 is 18.3 Å². The van der Waals surface area contributed by atoms with Crippen LogP contribution in [0.5, 0.6) is 0 Å². The minimum Gasteiger partial charge on any atom is -0.478 e. The molecule has 0 bridgehead atoms. The van der Waals surface area contributed by atoms with Crippen molar-refractivity contribution >= 4 is 55.0 Å². The minimum atomic E-state index is -4.37. The summed E-state index contributed by atoms with van der Waals surface area (Å²) < 4.78 is 79.5. The molecule has 0 saturated heterocycles. The summed E-state index contributed by atoms with van der Waals surface area (Å²) in [6, 6.07) is 31.7. The van der Waals surface area contributed by atoms with Crippen molar-refractivity contribution in [3.05, 3.63) is 177 Å². The van der Waals surface area contributed by atoms with Gasteiger partial charge in [-0.05, 0) is 82.9 Å². The molecule has 4 aromatic carbocycles. The Morgan fingerprint density at radius 1 is 0.569 bits per heavy atom. The Hall–Kier alpha value is -6.38. The number of primary amides is 1. The van der Waals surface area contributed by atoms with Gasteiger partial charge in [0.2, 0.25) is 5.91 Å². The van der Waals surface area contributed by atoms with Crippen molar-refractivity contribution in [1.29, 1.82) is 0 Å². The number of alkyl halides is 6. The largest absolute Gasteiger partial charge is 0.478 e. The Morgan fingerprint density at radius 2 is 1.00 bits per heavy atom. The number of fused-ring (bicyclic) bond motifs is 2. The molecule has 6 nitrogen and oxygen atoms in total. The number of nitrogens with zero attached hydrogens (tertiary/aromatic N) is 2. The third kappa shape index (κ3) is 9.09. The maximum absolute atomic E-state index is 13.0. The number of carbonyl (C=O) groups is 2. The van der Waals surface area contributed by atoms with Crippen LogP contribution in [0.25, 0.3) is 42.7 Å². The Balaban J connectivity index is 0.000000177. The van der Waals surface area contributed by atoms with E-state index in [1.54, 1.807) is 54.9 Å². The Labute approximate surface area is 334 Å². The van der Waals surface area contributed by atoms with Crippen LogP contribution in [0.15, 0.2) is 134 Å². The molecule has 0 aliphatic rings. The second-order valence-electron chi connectivity index (χ2n) is 13.2. The van der Waals surface area contributed by atoms with E-state index in [1.165, 1.54) is 46.9 Å². The van der Waals surface area contributed by atoms with Gasteiger partial charge in [0.05, 0.1) is 37.1 Å². The third-order valence-corrected chi connectivity index (χ3v) is 11.4. The number of thiophene rings is 2. The zero-order chi connectivity index (χ0) is 41.2. The van der Waals surface area contributed by atoms with E-state index in [0.717, 1.165) is 70.6 Å². The minimum absolute atomic E-state index is 0.188. The molecule has 0 aliphatic heterocycles. The van der Waals surface area contributed by atoms with Crippen LogP contribution < -0.4 is 5.73 Å². The van der Waals surface area contributed by atoms with Crippen LogP contribution >= 0.6 is 22.7 Å². The zero-order valence-electron chi connectivity index (χ0n) is 29.9. The number of rotatable bonds is 8. The Morgan fingerprint density at radius 3 is 1.43 bits per heavy atom. The van der Waals surface area contributed by atoms with Gasteiger partial charge in [0.1, 0.15) is 0 Å². The summed E-state index contributed by atoms with van der Waals surface area (Å²) >= 11 is 2.93. The second-order valence-corrected chi connectivity index (χ2v) is 15.4. The molecule has 3 N–H and O–H groups in total. The molecule has 0 unspecified atom stereocenters. The Kier molecular flexibility index (Phi) is 11.2. The van der Waals surface area contributed by atoms with Gasteiger partial charge < -0.3 is 10.8 Å². The smallest absolute Gasteiger partial charge is 0.416 e. The molecule has 0 radical (unpaired) electrons. The number of aromatic nitrogens is 2. The topological polar surface area (TPSA) is 106 Å². The van der Waals surface area contributed by atoms with Gasteiger partial charge in [0, 0.05) is 51.7 Å². The van der Waals surface area contributed by atoms with Gasteiger partial charge in [-0.2, -0.15) is 26.3 Å². The van der Waals surface area contributed by atoms with Crippen LogP contribution in [0.3, 0.4) is 0 Å². The number of halogens is 6. The molecule has 1 amide bonds. The SMILES string of the molecule is NC(=O)c1cccc(-c2ccnc3cc(Cc4cccc(C(F)(F)F)c4)sc23)c1.O=C(O)c1cccc(-c2ccnc3cc(Cc4cccc(C(F)(F)F)c4)sc23)c1. The van der Waals surface area contributed by atoms with E-state index in [9.17, 15) is 41.0 Å². The van der Waals surface area contributed by atoms with E-state index in [0.29, 0.717) is 29.5 Å².